The largest absolute Gasteiger partial charge is 0.495 e. The molecular formula is C22H21N3O2. The summed E-state index contributed by atoms with van der Waals surface area (Å²) in [5.41, 5.74) is 5.23. The van der Waals surface area contributed by atoms with Crippen LogP contribution in [0.25, 0.3) is 0 Å². The van der Waals surface area contributed by atoms with Gasteiger partial charge in [0, 0.05) is 11.9 Å². The van der Waals surface area contributed by atoms with Crippen molar-refractivity contribution in [3.05, 3.63) is 83.2 Å². The highest BCUT2D eigenvalue weighted by atomic mass is 16.5. The number of pyridine rings is 1. The Kier molecular flexibility index (Phi) is 4.28. The Morgan fingerprint density at radius 3 is 2.52 bits per heavy atom. The molecule has 1 unspecified atom stereocenters. The number of amides is 1. The molecule has 1 amide bonds. The van der Waals surface area contributed by atoms with E-state index in [-0.39, 0.29) is 5.91 Å². The number of hydrogen-bond donors (Lipinski definition) is 1. The van der Waals surface area contributed by atoms with Crippen molar-refractivity contribution in [2.24, 2.45) is 0 Å². The SMILES string of the molecule is COc1ccc(C)cc1NC1c2ncccc2C(=O)N1c1ccc(C)cc1. The fraction of sp³-hybridized carbons (Fsp3) is 0.182. The van der Waals surface area contributed by atoms with Crippen LogP contribution in [0.4, 0.5) is 11.4 Å². The summed E-state index contributed by atoms with van der Waals surface area (Å²) in [5.74, 6) is 0.660. The van der Waals surface area contributed by atoms with Crippen molar-refractivity contribution in [2.45, 2.75) is 20.0 Å². The monoisotopic (exact) mass is 359 g/mol. The Balaban J connectivity index is 1.80. The molecule has 0 radical (unpaired) electrons. The van der Waals surface area contributed by atoms with E-state index in [1.54, 1.807) is 24.3 Å². The summed E-state index contributed by atoms with van der Waals surface area (Å²) in [6, 6.07) is 17.5. The van der Waals surface area contributed by atoms with Crippen LogP contribution in [0.15, 0.2) is 60.8 Å². The van der Waals surface area contributed by atoms with Crippen LogP contribution in [0.3, 0.4) is 0 Å². The van der Waals surface area contributed by atoms with Gasteiger partial charge in [-0.3, -0.25) is 14.7 Å². The molecule has 3 aromatic rings. The molecular weight excluding hydrogens is 338 g/mol. The van der Waals surface area contributed by atoms with E-state index < -0.39 is 6.17 Å². The molecule has 0 saturated heterocycles. The molecule has 0 spiro atoms. The summed E-state index contributed by atoms with van der Waals surface area (Å²) in [4.78, 5) is 19.4. The third-order valence-corrected chi connectivity index (χ3v) is 4.76. The third-order valence-electron chi connectivity index (χ3n) is 4.76. The van der Waals surface area contributed by atoms with Gasteiger partial charge in [-0.05, 0) is 55.8 Å². The zero-order valence-electron chi connectivity index (χ0n) is 15.6. The molecule has 1 aromatic heterocycles. The van der Waals surface area contributed by atoms with Crippen LogP contribution in [-0.4, -0.2) is 18.0 Å². The van der Waals surface area contributed by atoms with Gasteiger partial charge in [-0.25, -0.2) is 0 Å². The summed E-state index contributed by atoms with van der Waals surface area (Å²) < 4.78 is 5.50. The number of aromatic nitrogens is 1. The van der Waals surface area contributed by atoms with Gasteiger partial charge < -0.3 is 10.1 Å². The van der Waals surface area contributed by atoms with Crippen LogP contribution < -0.4 is 15.0 Å². The molecule has 27 heavy (non-hydrogen) atoms. The maximum absolute atomic E-state index is 13.1. The first-order valence-corrected chi connectivity index (χ1v) is 8.85. The summed E-state index contributed by atoms with van der Waals surface area (Å²) in [5, 5.41) is 3.47. The molecule has 5 heteroatoms. The Labute approximate surface area is 158 Å². The van der Waals surface area contributed by atoms with Crippen molar-refractivity contribution in [1.82, 2.24) is 4.98 Å². The van der Waals surface area contributed by atoms with Crippen LogP contribution in [0.1, 0.15) is 33.3 Å². The first kappa shape index (κ1) is 17.1. The number of aryl methyl sites for hydroxylation is 2. The number of benzene rings is 2. The molecule has 1 atom stereocenters. The van der Waals surface area contributed by atoms with Crippen molar-refractivity contribution < 1.29 is 9.53 Å². The zero-order chi connectivity index (χ0) is 19.0. The lowest BCUT2D eigenvalue weighted by Crippen LogP contribution is -2.32. The normalized spacial score (nSPS) is 15.6. The zero-order valence-corrected chi connectivity index (χ0v) is 15.6. The van der Waals surface area contributed by atoms with Gasteiger partial charge in [0.05, 0.1) is 24.1 Å². The van der Waals surface area contributed by atoms with Gasteiger partial charge in [-0.2, -0.15) is 0 Å². The molecule has 5 nitrogen and oxygen atoms in total. The summed E-state index contributed by atoms with van der Waals surface area (Å²) in [6.07, 6.45) is 1.31. The number of nitrogens with zero attached hydrogens (tertiary/aromatic N) is 2. The molecule has 0 aliphatic carbocycles. The second kappa shape index (κ2) is 6.76. The van der Waals surface area contributed by atoms with Crippen molar-refractivity contribution in [3.8, 4) is 5.75 Å². The average molecular weight is 359 g/mol. The number of carbonyl (C=O) groups is 1. The molecule has 1 aliphatic heterocycles. The predicted octanol–water partition coefficient (Wildman–Crippen LogP) is 4.48. The maximum atomic E-state index is 13.1. The van der Waals surface area contributed by atoms with E-state index in [0.717, 1.165) is 28.3 Å². The number of ether oxygens (including phenoxy) is 1. The molecule has 1 aliphatic rings. The van der Waals surface area contributed by atoms with E-state index in [2.05, 4.69) is 10.3 Å². The molecule has 0 bridgehead atoms. The molecule has 0 fully saturated rings. The lowest BCUT2D eigenvalue weighted by molar-refractivity contribution is 0.0993. The van der Waals surface area contributed by atoms with Crippen LogP contribution >= 0.6 is 0 Å². The standard InChI is InChI=1S/C22H21N3O2/c1-14-6-9-16(10-7-14)25-21(20-17(22(25)26)5-4-12-23-20)24-18-13-15(2)8-11-19(18)27-3/h4-13,21,24H,1-3H3. The lowest BCUT2D eigenvalue weighted by Gasteiger charge is -2.27. The second-order valence-corrected chi connectivity index (χ2v) is 6.70. The number of carbonyl (C=O) groups excluding carboxylic acids is 1. The van der Waals surface area contributed by atoms with Gasteiger partial charge >= 0.3 is 0 Å². The van der Waals surface area contributed by atoms with Crippen LogP contribution in [-0.2, 0) is 0 Å². The fourth-order valence-electron chi connectivity index (χ4n) is 3.37. The van der Waals surface area contributed by atoms with Gasteiger partial charge in [0.1, 0.15) is 5.75 Å². The van der Waals surface area contributed by atoms with Gasteiger partial charge in [0.15, 0.2) is 6.17 Å². The number of methoxy groups -OCH3 is 1. The molecule has 2 aromatic carbocycles. The number of anilines is 2. The molecule has 0 saturated carbocycles. The minimum absolute atomic E-state index is 0.0638. The minimum atomic E-state index is -0.410. The van der Waals surface area contributed by atoms with Gasteiger partial charge in [0.25, 0.3) is 5.91 Å². The average Bonchev–Trinajstić information content (AvgIpc) is 2.95. The number of rotatable bonds is 4. The quantitative estimate of drug-likeness (QED) is 0.746. The predicted molar refractivity (Wildman–Crippen MR) is 106 cm³/mol. The highest BCUT2D eigenvalue weighted by Gasteiger charge is 2.39. The van der Waals surface area contributed by atoms with E-state index in [9.17, 15) is 4.79 Å². The van der Waals surface area contributed by atoms with Crippen molar-refractivity contribution >= 4 is 17.3 Å². The number of nitrogens with one attached hydrogen (secondary N) is 1. The smallest absolute Gasteiger partial charge is 0.262 e. The Bertz CT molecular complexity index is 999. The first-order valence-electron chi connectivity index (χ1n) is 8.85. The fourth-order valence-corrected chi connectivity index (χ4v) is 3.37. The number of hydrogen-bond acceptors (Lipinski definition) is 4. The van der Waals surface area contributed by atoms with Gasteiger partial charge in [-0.15, -0.1) is 0 Å². The van der Waals surface area contributed by atoms with E-state index in [1.165, 1.54) is 0 Å². The topological polar surface area (TPSA) is 54.5 Å². The molecule has 1 N–H and O–H groups in total. The maximum Gasteiger partial charge on any atom is 0.262 e. The van der Waals surface area contributed by atoms with Crippen LogP contribution in [0.2, 0.25) is 0 Å². The highest BCUT2D eigenvalue weighted by Crippen LogP contribution is 2.38. The number of fused-ring (bicyclic) bond motifs is 1. The van der Waals surface area contributed by atoms with E-state index >= 15 is 0 Å². The third kappa shape index (κ3) is 3.01. The molecule has 4 rings (SSSR count). The summed E-state index contributed by atoms with van der Waals surface area (Å²) in [6.45, 7) is 4.05. The second-order valence-electron chi connectivity index (χ2n) is 6.70. The van der Waals surface area contributed by atoms with Crippen molar-refractivity contribution in [3.63, 3.8) is 0 Å². The van der Waals surface area contributed by atoms with Crippen LogP contribution in [0.5, 0.6) is 5.75 Å². The molecule has 2 heterocycles. The lowest BCUT2D eigenvalue weighted by atomic mass is 10.1. The molecule has 136 valence electrons. The van der Waals surface area contributed by atoms with E-state index in [0.29, 0.717) is 11.3 Å². The van der Waals surface area contributed by atoms with Gasteiger partial charge in [-0.1, -0.05) is 23.8 Å². The van der Waals surface area contributed by atoms with Gasteiger partial charge in [0.2, 0.25) is 0 Å². The highest BCUT2D eigenvalue weighted by molar-refractivity contribution is 6.11. The van der Waals surface area contributed by atoms with E-state index in [4.69, 9.17) is 4.74 Å². The Morgan fingerprint density at radius 2 is 1.78 bits per heavy atom. The van der Waals surface area contributed by atoms with Crippen LogP contribution in [0, 0.1) is 13.8 Å². The Hall–Kier alpha value is -3.34. The first-order chi connectivity index (χ1) is 13.1. The summed E-state index contributed by atoms with van der Waals surface area (Å²) >= 11 is 0. The minimum Gasteiger partial charge on any atom is -0.495 e. The van der Waals surface area contributed by atoms with Crippen molar-refractivity contribution in [1.29, 1.82) is 0 Å². The van der Waals surface area contributed by atoms with Crippen molar-refractivity contribution in [2.75, 3.05) is 17.3 Å². The Morgan fingerprint density at radius 1 is 1.04 bits per heavy atom. The van der Waals surface area contributed by atoms with E-state index in [1.807, 2.05) is 62.4 Å². The summed E-state index contributed by atoms with van der Waals surface area (Å²) in [7, 11) is 1.64.